The highest BCUT2D eigenvalue weighted by Crippen LogP contribution is 2.38. The standard InChI is InChI=1S/C20H28N4O.C9H15N3O2.C2H6/c1-13(2)7-16-8-15(5-6-25)20-21-11-19(14(3)4)24(20)12-18(16)17-9-22-23-10-17;1-11-4-2-7(3-5-11)12-6-8(13)10-9(12)14;1-2/h7,9-11,14-15,25H,5-6,8,12H2,1-4H3,(H,22,23);7H,2-6H2,1H3,(H,10,13,14);1-2H3/t15-;;/m1../s1. The molecule has 2 aromatic heterocycles. The number of nitrogens with one attached hydrogen (secondary N) is 2. The maximum absolute atomic E-state index is 11.3. The number of allylic oxidation sites excluding steroid dienone is 4. The van der Waals surface area contributed by atoms with E-state index < -0.39 is 0 Å². The van der Waals surface area contributed by atoms with Gasteiger partial charge in [0.25, 0.3) is 0 Å². The third kappa shape index (κ3) is 8.16. The van der Waals surface area contributed by atoms with Gasteiger partial charge in [-0.2, -0.15) is 5.10 Å². The number of urea groups is 1. The minimum atomic E-state index is -0.218. The number of aromatic amines is 1. The van der Waals surface area contributed by atoms with Gasteiger partial charge in [0.15, 0.2) is 0 Å². The lowest BCUT2D eigenvalue weighted by Crippen LogP contribution is -2.45. The number of hydrogen-bond donors (Lipinski definition) is 3. The summed E-state index contributed by atoms with van der Waals surface area (Å²) in [7, 11) is 2.07. The Kier molecular flexibility index (Phi) is 11.9. The summed E-state index contributed by atoms with van der Waals surface area (Å²) in [6, 6.07) is 0.0298. The molecule has 3 aliphatic heterocycles. The predicted molar refractivity (Wildman–Crippen MR) is 162 cm³/mol. The Balaban J connectivity index is 0.000000244. The van der Waals surface area contributed by atoms with Crippen LogP contribution in [0, 0.1) is 0 Å². The van der Waals surface area contributed by atoms with Crippen LogP contribution in [-0.2, 0) is 11.3 Å². The minimum absolute atomic E-state index is 0.172. The zero-order chi connectivity index (χ0) is 30.1. The third-order valence-electron chi connectivity index (χ3n) is 7.78. The lowest BCUT2D eigenvalue weighted by molar-refractivity contribution is -0.118. The van der Waals surface area contributed by atoms with Crippen molar-refractivity contribution in [2.24, 2.45) is 0 Å². The van der Waals surface area contributed by atoms with Crippen LogP contribution >= 0.6 is 0 Å². The number of likely N-dealkylation sites (tertiary alicyclic amines) is 1. The molecule has 0 bridgehead atoms. The molecule has 2 fully saturated rings. The highest BCUT2D eigenvalue weighted by molar-refractivity contribution is 6.02. The number of imide groups is 1. The van der Waals surface area contributed by atoms with Gasteiger partial charge in [0.2, 0.25) is 5.91 Å². The Hall–Kier alpha value is -3.24. The van der Waals surface area contributed by atoms with Crippen molar-refractivity contribution in [3.8, 4) is 0 Å². The van der Waals surface area contributed by atoms with Gasteiger partial charge in [0.1, 0.15) is 12.4 Å². The SMILES string of the molecule is CC.CC(C)=CC1=C(c2cn[nH]c2)Cn2c(C(C)C)cnc2[C@H](CCO)C1.CN1CCC(N2CC(=O)NC2=O)CC1. The zero-order valence-corrected chi connectivity index (χ0v) is 25.9. The third-order valence-corrected chi connectivity index (χ3v) is 7.78. The second kappa shape index (κ2) is 15.1. The van der Waals surface area contributed by atoms with Crippen LogP contribution in [-0.4, -0.2) is 85.9 Å². The molecule has 3 aliphatic rings. The fourth-order valence-electron chi connectivity index (χ4n) is 5.74. The topological polar surface area (TPSA) is 119 Å². The minimum Gasteiger partial charge on any atom is -0.396 e. The van der Waals surface area contributed by atoms with Crippen LogP contribution in [0.4, 0.5) is 4.79 Å². The number of amides is 3. The van der Waals surface area contributed by atoms with Crippen molar-refractivity contribution in [1.82, 2.24) is 34.9 Å². The first-order valence-electron chi connectivity index (χ1n) is 15.0. The number of rotatable bonds is 6. The summed E-state index contributed by atoms with van der Waals surface area (Å²) in [5.41, 5.74) is 6.27. The molecule has 3 N–H and O–H groups in total. The molecule has 226 valence electrons. The second-order valence-electron chi connectivity index (χ2n) is 11.4. The number of aromatic nitrogens is 4. The Morgan fingerprint density at radius 3 is 2.39 bits per heavy atom. The van der Waals surface area contributed by atoms with Crippen molar-refractivity contribution in [3.05, 3.63) is 52.9 Å². The van der Waals surface area contributed by atoms with Gasteiger partial charge in [-0.3, -0.25) is 15.2 Å². The quantitative estimate of drug-likeness (QED) is 0.436. The molecule has 1 atom stereocenters. The van der Waals surface area contributed by atoms with Crippen LogP contribution in [0.3, 0.4) is 0 Å². The maximum Gasteiger partial charge on any atom is 0.324 e. The van der Waals surface area contributed by atoms with E-state index >= 15 is 0 Å². The first-order valence-corrected chi connectivity index (χ1v) is 15.0. The number of aliphatic hydroxyl groups is 1. The summed E-state index contributed by atoms with van der Waals surface area (Å²) in [6.45, 7) is 15.9. The Morgan fingerprint density at radius 2 is 1.85 bits per heavy atom. The first-order chi connectivity index (χ1) is 19.7. The zero-order valence-electron chi connectivity index (χ0n) is 25.9. The summed E-state index contributed by atoms with van der Waals surface area (Å²) >= 11 is 0. The largest absolute Gasteiger partial charge is 0.396 e. The van der Waals surface area contributed by atoms with Gasteiger partial charge in [-0.05, 0) is 76.7 Å². The van der Waals surface area contributed by atoms with Crippen molar-refractivity contribution in [1.29, 1.82) is 0 Å². The van der Waals surface area contributed by atoms with Gasteiger partial charge in [-0.25, -0.2) is 9.78 Å². The Bertz CT molecular complexity index is 1200. The predicted octanol–water partition coefficient (Wildman–Crippen LogP) is 4.68. The smallest absolute Gasteiger partial charge is 0.324 e. The molecule has 0 saturated carbocycles. The van der Waals surface area contributed by atoms with Crippen molar-refractivity contribution < 1.29 is 14.7 Å². The molecule has 41 heavy (non-hydrogen) atoms. The lowest BCUT2D eigenvalue weighted by Gasteiger charge is -2.33. The monoisotopic (exact) mass is 567 g/mol. The molecule has 10 heteroatoms. The molecule has 2 aromatic rings. The normalized spacial score (nSPS) is 19.6. The van der Waals surface area contributed by atoms with Crippen molar-refractivity contribution in [3.63, 3.8) is 0 Å². The molecular formula is C31H49N7O3. The number of aliphatic hydroxyl groups excluding tert-OH is 1. The second-order valence-corrected chi connectivity index (χ2v) is 11.4. The molecular weight excluding hydrogens is 518 g/mol. The van der Waals surface area contributed by atoms with Crippen LogP contribution in [0.5, 0.6) is 0 Å². The summed E-state index contributed by atoms with van der Waals surface area (Å²) < 4.78 is 2.35. The number of carbonyl (C=O) groups is 2. The number of piperidine rings is 1. The van der Waals surface area contributed by atoms with E-state index in [9.17, 15) is 14.7 Å². The van der Waals surface area contributed by atoms with Gasteiger partial charge in [0, 0.05) is 42.2 Å². The summed E-state index contributed by atoms with van der Waals surface area (Å²) in [4.78, 5) is 31.0. The molecule has 0 aliphatic carbocycles. The number of hydrogen-bond acceptors (Lipinski definition) is 6. The lowest BCUT2D eigenvalue weighted by atomic mass is 9.91. The molecule has 5 heterocycles. The number of nitrogens with zero attached hydrogens (tertiary/aromatic N) is 5. The summed E-state index contributed by atoms with van der Waals surface area (Å²) in [6.07, 6.45) is 11.7. The van der Waals surface area contributed by atoms with Gasteiger partial charge in [-0.15, -0.1) is 0 Å². The van der Waals surface area contributed by atoms with Crippen molar-refractivity contribution in [2.45, 2.75) is 91.6 Å². The van der Waals surface area contributed by atoms with Crippen LogP contribution in [0.1, 0.15) is 96.1 Å². The van der Waals surface area contributed by atoms with E-state index in [1.54, 1.807) is 4.90 Å². The van der Waals surface area contributed by atoms with Crippen LogP contribution < -0.4 is 5.32 Å². The number of H-pyrrole nitrogens is 1. The van der Waals surface area contributed by atoms with Gasteiger partial charge < -0.3 is 19.5 Å². The fourth-order valence-corrected chi connectivity index (χ4v) is 5.74. The molecule has 10 nitrogen and oxygen atoms in total. The summed E-state index contributed by atoms with van der Waals surface area (Å²) in [5.74, 6) is 1.56. The molecule has 2 saturated heterocycles. The van der Waals surface area contributed by atoms with E-state index in [4.69, 9.17) is 4.98 Å². The Morgan fingerprint density at radius 1 is 1.15 bits per heavy atom. The van der Waals surface area contributed by atoms with Crippen LogP contribution in [0.25, 0.3) is 5.57 Å². The fraction of sp³-hybridized carbons (Fsp3) is 0.613. The van der Waals surface area contributed by atoms with E-state index in [1.807, 2.05) is 32.4 Å². The van der Waals surface area contributed by atoms with Crippen LogP contribution in [0.15, 0.2) is 35.8 Å². The maximum atomic E-state index is 11.3. The molecule has 0 aromatic carbocycles. The van der Waals surface area contributed by atoms with Crippen molar-refractivity contribution in [2.75, 3.05) is 33.3 Å². The molecule has 3 amide bonds. The Labute approximate surface area is 244 Å². The van der Waals surface area contributed by atoms with E-state index in [0.717, 1.165) is 56.7 Å². The number of carbonyl (C=O) groups excluding carboxylic acids is 2. The highest BCUT2D eigenvalue weighted by Gasteiger charge is 2.34. The summed E-state index contributed by atoms with van der Waals surface area (Å²) in [5, 5.41) is 19.0. The molecule has 0 radical (unpaired) electrons. The highest BCUT2D eigenvalue weighted by atomic mass is 16.3. The molecule has 0 unspecified atom stereocenters. The van der Waals surface area contributed by atoms with E-state index in [-0.39, 0.29) is 37.0 Å². The number of imidazole rings is 1. The number of fused-ring (bicyclic) bond motifs is 1. The molecule has 0 spiro atoms. The van der Waals surface area contributed by atoms with E-state index in [0.29, 0.717) is 5.92 Å². The van der Waals surface area contributed by atoms with Gasteiger partial charge in [0.05, 0.1) is 12.7 Å². The first kappa shape index (κ1) is 32.3. The molecule has 5 rings (SSSR count). The van der Waals surface area contributed by atoms with E-state index in [2.05, 4.69) is 65.8 Å². The van der Waals surface area contributed by atoms with Crippen LogP contribution in [0.2, 0.25) is 0 Å². The van der Waals surface area contributed by atoms with E-state index in [1.165, 1.54) is 22.4 Å². The van der Waals surface area contributed by atoms with Crippen molar-refractivity contribution >= 4 is 17.5 Å². The van der Waals surface area contributed by atoms with Gasteiger partial charge >= 0.3 is 6.03 Å². The average molecular weight is 568 g/mol. The average Bonchev–Trinajstić information content (AvgIpc) is 3.67. The van der Waals surface area contributed by atoms with Gasteiger partial charge in [-0.1, -0.05) is 39.3 Å².